The first-order valence-corrected chi connectivity index (χ1v) is 8.93. The fraction of sp³-hybridized carbons (Fsp3) is 0.500. The summed E-state index contributed by atoms with van der Waals surface area (Å²) in [5.41, 5.74) is 0.942. The Labute approximate surface area is 116 Å². The lowest BCUT2D eigenvalue weighted by atomic mass is 10.2. The molecule has 2 heterocycles. The Morgan fingerprint density at radius 2 is 2.00 bits per heavy atom. The van der Waals surface area contributed by atoms with E-state index in [1.165, 1.54) is 10.6 Å². The average molecular weight is 301 g/mol. The summed E-state index contributed by atoms with van der Waals surface area (Å²) in [7, 11) is -3.18. The van der Waals surface area contributed by atoms with Crippen molar-refractivity contribution in [3.05, 3.63) is 23.8 Å². The van der Waals surface area contributed by atoms with Crippen LogP contribution < -0.4 is 9.47 Å². The zero-order chi connectivity index (χ0) is 13.5. The van der Waals surface area contributed by atoms with Gasteiger partial charge in [0.05, 0.1) is 11.6 Å². The van der Waals surface area contributed by atoms with Crippen molar-refractivity contribution < 1.29 is 17.9 Å². The molecule has 3 rings (SSSR count). The first-order valence-electron chi connectivity index (χ1n) is 6.04. The van der Waals surface area contributed by atoms with Crippen molar-refractivity contribution in [2.75, 3.05) is 31.8 Å². The van der Waals surface area contributed by atoms with Crippen LogP contribution in [0.25, 0.3) is 0 Å². The van der Waals surface area contributed by atoms with E-state index in [2.05, 4.69) is 0 Å². The van der Waals surface area contributed by atoms with Crippen LogP contribution in [0.15, 0.2) is 18.2 Å². The van der Waals surface area contributed by atoms with Crippen LogP contribution in [-0.2, 0) is 10.0 Å². The third kappa shape index (κ3) is 2.54. The van der Waals surface area contributed by atoms with Crippen LogP contribution in [-0.4, -0.2) is 44.5 Å². The summed E-state index contributed by atoms with van der Waals surface area (Å²) >= 11 is 1.63. The maximum absolute atomic E-state index is 11.8. The van der Waals surface area contributed by atoms with E-state index >= 15 is 0 Å². The van der Waals surface area contributed by atoms with Crippen LogP contribution in [0.2, 0.25) is 0 Å². The summed E-state index contributed by atoms with van der Waals surface area (Å²) in [5.74, 6) is 2.24. The highest BCUT2D eigenvalue weighted by Crippen LogP contribution is 2.42. The minimum absolute atomic E-state index is 0.161. The summed E-state index contributed by atoms with van der Waals surface area (Å²) in [6.45, 7) is 1.65. The van der Waals surface area contributed by atoms with Gasteiger partial charge in [-0.2, -0.15) is 4.31 Å². The Kier molecular flexibility index (Phi) is 3.36. The van der Waals surface area contributed by atoms with Gasteiger partial charge in [-0.15, -0.1) is 11.8 Å². The number of nitrogens with zero attached hydrogens (tertiary/aromatic N) is 1. The molecule has 0 saturated carbocycles. The van der Waals surface area contributed by atoms with Gasteiger partial charge in [0.25, 0.3) is 0 Å². The molecule has 0 amide bonds. The summed E-state index contributed by atoms with van der Waals surface area (Å²) < 4.78 is 36.1. The Balaban J connectivity index is 1.93. The maximum atomic E-state index is 11.8. The van der Waals surface area contributed by atoms with Gasteiger partial charge >= 0.3 is 0 Å². The Morgan fingerprint density at radius 3 is 2.74 bits per heavy atom. The fourth-order valence-electron chi connectivity index (χ4n) is 2.27. The quantitative estimate of drug-likeness (QED) is 0.828. The van der Waals surface area contributed by atoms with Gasteiger partial charge in [-0.3, -0.25) is 0 Å². The van der Waals surface area contributed by atoms with E-state index in [0.717, 1.165) is 17.1 Å². The zero-order valence-corrected chi connectivity index (χ0v) is 12.2. The van der Waals surface area contributed by atoms with E-state index in [0.29, 0.717) is 25.5 Å². The second-order valence-electron chi connectivity index (χ2n) is 4.50. The molecule has 1 unspecified atom stereocenters. The second kappa shape index (κ2) is 4.88. The number of thioether (sulfide) groups is 1. The molecule has 0 bridgehead atoms. The first-order chi connectivity index (χ1) is 9.05. The van der Waals surface area contributed by atoms with Crippen molar-refractivity contribution in [3.63, 3.8) is 0 Å². The first kappa shape index (κ1) is 13.1. The third-order valence-corrected chi connectivity index (χ3v) is 5.77. The van der Waals surface area contributed by atoms with Crippen LogP contribution >= 0.6 is 11.8 Å². The van der Waals surface area contributed by atoms with Crippen LogP contribution in [0.5, 0.6) is 11.5 Å². The van der Waals surface area contributed by atoms with Crippen LogP contribution in [0.3, 0.4) is 0 Å². The highest BCUT2D eigenvalue weighted by atomic mass is 32.2. The summed E-state index contributed by atoms with van der Waals surface area (Å²) in [6, 6.07) is 5.65. The molecule has 1 aromatic rings. The minimum Gasteiger partial charge on any atom is -0.486 e. The van der Waals surface area contributed by atoms with Crippen molar-refractivity contribution in [3.8, 4) is 11.5 Å². The lowest BCUT2D eigenvalue weighted by Gasteiger charge is -2.24. The Bertz CT molecular complexity index is 587. The molecule has 0 aliphatic carbocycles. The lowest BCUT2D eigenvalue weighted by Crippen LogP contribution is -2.29. The molecule has 0 aromatic heterocycles. The average Bonchev–Trinajstić information content (AvgIpc) is 2.87. The Morgan fingerprint density at radius 1 is 1.26 bits per heavy atom. The van der Waals surface area contributed by atoms with E-state index in [1.807, 2.05) is 18.2 Å². The standard InChI is InChI=1S/C12H15NO4S2/c1-19(14,15)13-4-7-18-12(13)9-2-3-10-11(8-9)17-6-5-16-10/h2-3,8,12H,4-7H2,1H3. The number of hydrogen-bond acceptors (Lipinski definition) is 5. The van der Waals surface area contributed by atoms with Crippen molar-refractivity contribution in [1.82, 2.24) is 4.31 Å². The molecule has 1 fully saturated rings. The van der Waals surface area contributed by atoms with Gasteiger partial charge in [0.15, 0.2) is 11.5 Å². The molecular weight excluding hydrogens is 286 g/mol. The van der Waals surface area contributed by atoms with Gasteiger partial charge in [0.2, 0.25) is 10.0 Å². The van der Waals surface area contributed by atoms with Crippen LogP contribution in [0.1, 0.15) is 10.9 Å². The molecule has 0 spiro atoms. The summed E-state index contributed by atoms with van der Waals surface area (Å²) in [4.78, 5) is 0. The molecule has 104 valence electrons. The topological polar surface area (TPSA) is 55.8 Å². The highest BCUT2D eigenvalue weighted by molar-refractivity contribution is 8.00. The van der Waals surface area contributed by atoms with E-state index in [-0.39, 0.29) is 5.37 Å². The van der Waals surface area contributed by atoms with Gasteiger partial charge in [-0.05, 0) is 17.7 Å². The number of fused-ring (bicyclic) bond motifs is 1. The van der Waals surface area contributed by atoms with E-state index in [9.17, 15) is 8.42 Å². The highest BCUT2D eigenvalue weighted by Gasteiger charge is 2.33. The molecule has 2 aliphatic heterocycles. The number of rotatable bonds is 2. The maximum Gasteiger partial charge on any atom is 0.212 e. The van der Waals surface area contributed by atoms with Crippen LogP contribution in [0.4, 0.5) is 0 Å². The van der Waals surface area contributed by atoms with Gasteiger partial charge < -0.3 is 9.47 Å². The Hall–Kier alpha value is -0.920. The van der Waals surface area contributed by atoms with Crippen molar-refractivity contribution in [1.29, 1.82) is 0 Å². The van der Waals surface area contributed by atoms with E-state index in [1.54, 1.807) is 11.8 Å². The van der Waals surface area contributed by atoms with Gasteiger partial charge in [-0.1, -0.05) is 6.07 Å². The molecule has 0 radical (unpaired) electrons. The van der Waals surface area contributed by atoms with Gasteiger partial charge in [0, 0.05) is 12.3 Å². The molecule has 1 atom stereocenters. The smallest absolute Gasteiger partial charge is 0.212 e. The van der Waals surface area contributed by atoms with E-state index < -0.39 is 10.0 Å². The fourth-order valence-corrected chi connectivity index (χ4v) is 5.07. The predicted octanol–water partition coefficient (Wildman–Crippen LogP) is 1.46. The SMILES string of the molecule is CS(=O)(=O)N1CCSC1c1ccc2c(c1)OCCO2. The molecule has 1 saturated heterocycles. The number of ether oxygens (including phenoxy) is 2. The number of hydrogen-bond donors (Lipinski definition) is 0. The van der Waals surface area contributed by atoms with Crippen molar-refractivity contribution >= 4 is 21.8 Å². The molecule has 5 nitrogen and oxygen atoms in total. The zero-order valence-electron chi connectivity index (χ0n) is 10.5. The molecule has 2 aliphatic rings. The van der Waals surface area contributed by atoms with Crippen LogP contribution in [0, 0.1) is 0 Å². The number of sulfonamides is 1. The summed E-state index contributed by atoms with van der Waals surface area (Å²) in [6.07, 6.45) is 1.25. The lowest BCUT2D eigenvalue weighted by molar-refractivity contribution is 0.171. The van der Waals surface area contributed by atoms with E-state index in [4.69, 9.17) is 9.47 Å². The third-order valence-electron chi connectivity index (χ3n) is 3.13. The monoisotopic (exact) mass is 301 g/mol. The number of benzene rings is 1. The molecule has 19 heavy (non-hydrogen) atoms. The van der Waals surface area contributed by atoms with Crippen molar-refractivity contribution in [2.24, 2.45) is 0 Å². The minimum atomic E-state index is -3.18. The second-order valence-corrected chi connectivity index (χ2v) is 7.62. The molecule has 1 aromatic carbocycles. The molecule has 0 N–H and O–H groups in total. The largest absolute Gasteiger partial charge is 0.486 e. The summed E-state index contributed by atoms with van der Waals surface area (Å²) in [5, 5.41) is -0.161. The molecule has 7 heteroatoms. The normalized spacial score (nSPS) is 23.5. The van der Waals surface area contributed by atoms with Gasteiger partial charge in [-0.25, -0.2) is 8.42 Å². The predicted molar refractivity (Wildman–Crippen MR) is 74.2 cm³/mol. The van der Waals surface area contributed by atoms with Gasteiger partial charge in [0.1, 0.15) is 13.2 Å². The molecular formula is C12H15NO4S2. The van der Waals surface area contributed by atoms with Crippen molar-refractivity contribution in [2.45, 2.75) is 5.37 Å².